The van der Waals surface area contributed by atoms with E-state index in [0.29, 0.717) is 5.71 Å². The van der Waals surface area contributed by atoms with E-state index in [1.54, 1.807) is 24.4 Å². The van der Waals surface area contributed by atoms with Gasteiger partial charge in [0.15, 0.2) is 0 Å². The SMILES string of the molecule is CS(=O)(=O)N1CCN(S(=O)(=O)c2ccc(C3=CN=C4CC(F)=CC=C34)cc2)CC1. The highest BCUT2D eigenvalue weighted by atomic mass is 32.2. The average Bonchev–Trinajstić information content (AvgIpc) is 3.10. The molecule has 3 aliphatic rings. The molecule has 0 amide bonds. The fourth-order valence-electron chi connectivity index (χ4n) is 3.58. The second-order valence-electron chi connectivity index (χ2n) is 7.08. The van der Waals surface area contributed by atoms with Gasteiger partial charge in [-0.3, -0.25) is 4.99 Å². The molecule has 1 fully saturated rings. The van der Waals surface area contributed by atoms with Gasteiger partial charge in [0.1, 0.15) is 5.83 Å². The number of benzene rings is 1. The molecule has 0 bridgehead atoms. The van der Waals surface area contributed by atoms with E-state index in [9.17, 15) is 21.2 Å². The summed E-state index contributed by atoms with van der Waals surface area (Å²) in [6.45, 7) is 0.511. The molecule has 2 aliphatic heterocycles. The maximum absolute atomic E-state index is 13.4. The van der Waals surface area contributed by atoms with Crippen LogP contribution in [0.5, 0.6) is 0 Å². The van der Waals surface area contributed by atoms with Gasteiger partial charge in [0, 0.05) is 49.9 Å². The number of nitrogens with zero attached hydrogens (tertiary/aromatic N) is 3. The Kier molecular flexibility index (Phi) is 5.06. The van der Waals surface area contributed by atoms with Crippen LogP contribution in [0, 0.1) is 0 Å². The number of piperazine rings is 1. The fourth-order valence-corrected chi connectivity index (χ4v) is 5.83. The van der Waals surface area contributed by atoms with Crippen LogP contribution in [-0.4, -0.2) is 63.6 Å². The van der Waals surface area contributed by atoms with Gasteiger partial charge < -0.3 is 0 Å². The Morgan fingerprint density at radius 1 is 0.897 bits per heavy atom. The maximum Gasteiger partial charge on any atom is 0.243 e. The molecule has 0 radical (unpaired) electrons. The molecule has 0 spiro atoms. The van der Waals surface area contributed by atoms with Gasteiger partial charge in [0.25, 0.3) is 0 Å². The van der Waals surface area contributed by atoms with E-state index in [1.807, 2.05) is 0 Å². The number of hydrogen-bond donors (Lipinski definition) is 0. The van der Waals surface area contributed by atoms with Crippen molar-refractivity contribution in [2.75, 3.05) is 32.4 Å². The Morgan fingerprint density at radius 3 is 2.14 bits per heavy atom. The Bertz CT molecular complexity index is 1170. The van der Waals surface area contributed by atoms with Crippen molar-refractivity contribution >= 4 is 31.3 Å². The molecule has 1 aliphatic carbocycles. The van der Waals surface area contributed by atoms with Crippen molar-refractivity contribution < 1.29 is 21.2 Å². The van der Waals surface area contributed by atoms with E-state index >= 15 is 0 Å². The molecule has 29 heavy (non-hydrogen) atoms. The van der Waals surface area contributed by atoms with Crippen molar-refractivity contribution in [2.45, 2.75) is 11.3 Å². The summed E-state index contributed by atoms with van der Waals surface area (Å²) in [5.74, 6) is -0.237. The minimum absolute atomic E-state index is 0.115. The lowest BCUT2D eigenvalue weighted by molar-refractivity contribution is 0.274. The number of allylic oxidation sites excluding steroid dienone is 5. The zero-order valence-electron chi connectivity index (χ0n) is 15.7. The van der Waals surface area contributed by atoms with Crippen LogP contribution < -0.4 is 0 Å². The van der Waals surface area contributed by atoms with E-state index in [1.165, 1.54) is 26.8 Å². The van der Waals surface area contributed by atoms with Crippen LogP contribution in [0.4, 0.5) is 4.39 Å². The monoisotopic (exact) mass is 437 g/mol. The average molecular weight is 438 g/mol. The number of halogens is 1. The quantitative estimate of drug-likeness (QED) is 0.720. The van der Waals surface area contributed by atoms with Gasteiger partial charge in [-0.2, -0.15) is 8.61 Å². The van der Waals surface area contributed by atoms with Gasteiger partial charge in [-0.15, -0.1) is 0 Å². The molecule has 10 heteroatoms. The molecule has 0 saturated carbocycles. The summed E-state index contributed by atoms with van der Waals surface area (Å²) in [6, 6.07) is 6.48. The van der Waals surface area contributed by atoms with Gasteiger partial charge in [-0.25, -0.2) is 21.2 Å². The summed E-state index contributed by atoms with van der Waals surface area (Å²) < 4.78 is 65.0. The summed E-state index contributed by atoms with van der Waals surface area (Å²) in [4.78, 5) is 4.41. The van der Waals surface area contributed by atoms with Crippen LogP contribution >= 0.6 is 0 Å². The predicted molar refractivity (Wildman–Crippen MR) is 109 cm³/mol. The number of hydrogen-bond acceptors (Lipinski definition) is 5. The molecule has 1 aromatic carbocycles. The second-order valence-corrected chi connectivity index (χ2v) is 11.0. The van der Waals surface area contributed by atoms with Crippen LogP contribution in [-0.2, 0) is 20.0 Å². The minimum Gasteiger partial charge on any atom is -0.260 e. The Morgan fingerprint density at radius 2 is 1.52 bits per heavy atom. The van der Waals surface area contributed by atoms with Gasteiger partial charge >= 0.3 is 0 Å². The van der Waals surface area contributed by atoms with Crippen molar-refractivity contribution in [3.05, 3.63) is 59.6 Å². The summed E-state index contributed by atoms with van der Waals surface area (Å²) >= 11 is 0. The molecule has 0 unspecified atom stereocenters. The third-order valence-electron chi connectivity index (χ3n) is 5.19. The van der Waals surface area contributed by atoms with Crippen LogP contribution in [0.15, 0.2) is 63.9 Å². The molecule has 1 aromatic rings. The number of rotatable bonds is 4. The molecule has 2 heterocycles. The van der Waals surface area contributed by atoms with Gasteiger partial charge in [0.2, 0.25) is 20.0 Å². The molecule has 7 nitrogen and oxygen atoms in total. The first-order chi connectivity index (χ1) is 13.7. The molecular weight excluding hydrogens is 417 g/mol. The van der Waals surface area contributed by atoms with Crippen LogP contribution in [0.3, 0.4) is 0 Å². The van der Waals surface area contributed by atoms with Crippen molar-refractivity contribution in [2.24, 2.45) is 4.99 Å². The van der Waals surface area contributed by atoms with Crippen LogP contribution in [0.1, 0.15) is 12.0 Å². The van der Waals surface area contributed by atoms with Crippen molar-refractivity contribution in [1.29, 1.82) is 0 Å². The van der Waals surface area contributed by atoms with Gasteiger partial charge in [-0.05, 0) is 29.8 Å². The topological polar surface area (TPSA) is 87.1 Å². The van der Waals surface area contributed by atoms with Crippen molar-refractivity contribution in [3.63, 3.8) is 0 Å². The zero-order chi connectivity index (χ0) is 20.8. The smallest absolute Gasteiger partial charge is 0.243 e. The third-order valence-corrected chi connectivity index (χ3v) is 8.40. The lowest BCUT2D eigenvalue weighted by Gasteiger charge is -2.32. The molecule has 4 rings (SSSR count). The van der Waals surface area contributed by atoms with E-state index in [4.69, 9.17) is 0 Å². The second kappa shape index (κ2) is 7.28. The van der Waals surface area contributed by atoms with E-state index in [2.05, 4.69) is 4.99 Å². The third kappa shape index (κ3) is 3.85. The highest BCUT2D eigenvalue weighted by Crippen LogP contribution is 2.34. The first-order valence-electron chi connectivity index (χ1n) is 9.06. The van der Waals surface area contributed by atoms with E-state index in [-0.39, 0.29) is 43.3 Å². The Hall–Kier alpha value is -2.14. The van der Waals surface area contributed by atoms with E-state index < -0.39 is 20.0 Å². The maximum atomic E-state index is 13.4. The molecule has 0 N–H and O–H groups in total. The summed E-state index contributed by atoms with van der Waals surface area (Å²) in [5.41, 5.74) is 3.14. The highest BCUT2D eigenvalue weighted by Gasteiger charge is 2.31. The molecular formula is C19H20FN3O4S2. The summed E-state index contributed by atoms with van der Waals surface area (Å²) in [6.07, 6.45) is 6.05. The number of aliphatic imine (C=N–C) groups is 1. The summed E-state index contributed by atoms with van der Waals surface area (Å²) in [5, 5.41) is 0. The van der Waals surface area contributed by atoms with E-state index in [0.717, 1.165) is 23.0 Å². The van der Waals surface area contributed by atoms with Crippen LogP contribution in [0.2, 0.25) is 0 Å². The van der Waals surface area contributed by atoms with Gasteiger partial charge in [0.05, 0.1) is 16.9 Å². The predicted octanol–water partition coefficient (Wildman–Crippen LogP) is 1.93. The minimum atomic E-state index is -3.71. The Labute approximate surface area is 169 Å². The lowest BCUT2D eigenvalue weighted by Crippen LogP contribution is -2.50. The molecule has 0 atom stereocenters. The summed E-state index contributed by atoms with van der Waals surface area (Å²) in [7, 11) is -7.04. The first kappa shape index (κ1) is 20.1. The molecule has 1 saturated heterocycles. The molecule has 0 aromatic heterocycles. The van der Waals surface area contributed by atoms with Crippen molar-refractivity contribution in [3.8, 4) is 0 Å². The number of fused-ring (bicyclic) bond motifs is 1. The largest absolute Gasteiger partial charge is 0.260 e. The first-order valence-corrected chi connectivity index (χ1v) is 12.3. The Balaban J connectivity index is 1.51. The zero-order valence-corrected chi connectivity index (χ0v) is 17.4. The fraction of sp³-hybridized carbons (Fsp3) is 0.316. The highest BCUT2D eigenvalue weighted by molar-refractivity contribution is 7.89. The van der Waals surface area contributed by atoms with Gasteiger partial charge in [-0.1, -0.05) is 12.1 Å². The lowest BCUT2D eigenvalue weighted by atomic mass is 9.93. The standard InChI is InChI=1S/C19H20FN3O4S2/c1-28(24,25)22-8-10-23(11-9-22)29(26,27)16-5-2-14(3-6-16)18-13-21-19-12-15(20)4-7-17(18)19/h2-7,13H,8-12H2,1H3. The molecule has 154 valence electrons. The van der Waals surface area contributed by atoms with Crippen molar-refractivity contribution in [1.82, 2.24) is 8.61 Å². The normalized spacial score (nSPS) is 21.2. The van der Waals surface area contributed by atoms with Crippen LogP contribution in [0.25, 0.3) is 5.57 Å². The number of sulfonamides is 2.